The summed E-state index contributed by atoms with van der Waals surface area (Å²) in [6, 6.07) is 13.2. The summed E-state index contributed by atoms with van der Waals surface area (Å²) in [7, 11) is 0. The van der Waals surface area contributed by atoms with Crippen LogP contribution in [0.2, 0.25) is 0 Å². The molecule has 2 aliphatic rings. The number of anilines is 1. The van der Waals surface area contributed by atoms with Gasteiger partial charge in [0.25, 0.3) is 5.91 Å². The number of aryl methyl sites for hydroxylation is 1. The van der Waals surface area contributed by atoms with E-state index >= 15 is 0 Å². The average Bonchev–Trinajstić information content (AvgIpc) is 2.71. The number of carbonyl (C=O) groups excluding carboxylic acids is 2. The van der Waals surface area contributed by atoms with Crippen molar-refractivity contribution in [3.05, 3.63) is 53.6 Å². The van der Waals surface area contributed by atoms with E-state index in [0.717, 1.165) is 29.7 Å². The molecule has 0 spiro atoms. The van der Waals surface area contributed by atoms with Crippen molar-refractivity contribution in [2.24, 2.45) is 0 Å². The Morgan fingerprint density at radius 1 is 1.04 bits per heavy atom. The Hall–Kier alpha value is -3.02. The molecule has 0 radical (unpaired) electrons. The summed E-state index contributed by atoms with van der Waals surface area (Å²) in [5, 5.41) is 0. The third kappa shape index (κ3) is 3.89. The maximum absolute atomic E-state index is 12.5. The van der Waals surface area contributed by atoms with Gasteiger partial charge in [-0.3, -0.25) is 9.59 Å². The minimum Gasteiger partial charge on any atom is -0.486 e. The zero-order valence-electron chi connectivity index (χ0n) is 15.0. The van der Waals surface area contributed by atoms with Gasteiger partial charge in [0, 0.05) is 12.2 Å². The number of hydrogen-bond donors (Lipinski definition) is 0. The number of fused-ring (bicyclic) bond motifs is 2. The molecule has 140 valence electrons. The van der Waals surface area contributed by atoms with Gasteiger partial charge in [-0.1, -0.05) is 24.3 Å². The Morgan fingerprint density at radius 2 is 1.85 bits per heavy atom. The number of rotatable bonds is 4. The van der Waals surface area contributed by atoms with Crippen molar-refractivity contribution in [2.75, 3.05) is 31.3 Å². The molecule has 4 rings (SSSR count). The molecular formula is C21H21NO5. The lowest BCUT2D eigenvalue weighted by Gasteiger charge is -2.29. The van der Waals surface area contributed by atoms with Crippen molar-refractivity contribution in [2.45, 2.75) is 19.3 Å². The minimum absolute atomic E-state index is 0.0838. The molecule has 0 aliphatic carbocycles. The van der Waals surface area contributed by atoms with Crippen molar-refractivity contribution in [3.63, 3.8) is 0 Å². The molecule has 0 atom stereocenters. The third-order valence-electron chi connectivity index (χ3n) is 4.72. The fourth-order valence-electron chi connectivity index (χ4n) is 3.43. The molecule has 0 aromatic heterocycles. The Balaban J connectivity index is 1.34. The molecule has 0 saturated heterocycles. The highest BCUT2D eigenvalue weighted by Crippen LogP contribution is 2.31. The molecule has 27 heavy (non-hydrogen) atoms. The fourth-order valence-corrected chi connectivity index (χ4v) is 3.43. The Morgan fingerprint density at radius 3 is 2.74 bits per heavy atom. The Labute approximate surface area is 157 Å². The second-order valence-electron chi connectivity index (χ2n) is 6.59. The third-order valence-corrected chi connectivity index (χ3v) is 4.72. The van der Waals surface area contributed by atoms with E-state index in [0.29, 0.717) is 31.3 Å². The summed E-state index contributed by atoms with van der Waals surface area (Å²) in [6.45, 7) is 1.41. The molecular weight excluding hydrogens is 346 g/mol. The molecule has 2 heterocycles. The van der Waals surface area contributed by atoms with E-state index < -0.39 is 5.97 Å². The van der Waals surface area contributed by atoms with Gasteiger partial charge in [-0.05, 0) is 42.2 Å². The Bertz CT molecular complexity index is 863. The van der Waals surface area contributed by atoms with E-state index in [1.165, 1.54) is 0 Å². The number of esters is 1. The van der Waals surface area contributed by atoms with E-state index in [-0.39, 0.29) is 18.9 Å². The van der Waals surface area contributed by atoms with E-state index in [2.05, 4.69) is 0 Å². The van der Waals surface area contributed by atoms with E-state index in [4.69, 9.17) is 14.2 Å². The van der Waals surface area contributed by atoms with Crippen molar-refractivity contribution >= 4 is 17.6 Å². The highest BCUT2D eigenvalue weighted by molar-refractivity contribution is 5.96. The predicted octanol–water partition coefficient (Wildman–Crippen LogP) is 2.52. The van der Waals surface area contributed by atoms with Crippen LogP contribution in [0.25, 0.3) is 0 Å². The highest BCUT2D eigenvalue weighted by atomic mass is 16.6. The van der Waals surface area contributed by atoms with Crippen LogP contribution in [0.3, 0.4) is 0 Å². The number of hydrogen-bond acceptors (Lipinski definition) is 5. The molecule has 6 heteroatoms. The maximum atomic E-state index is 12.5. The topological polar surface area (TPSA) is 65.1 Å². The van der Waals surface area contributed by atoms with Gasteiger partial charge in [0.1, 0.15) is 13.2 Å². The van der Waals surface area contributed by atoms with Gasteiger partial charge in [0.05, 0.1) is 6.42 Å². The summed E-state index contributed by atoms with van der Waals surface area (Å²) >= 11 is 0. The van der Waals surface area contributed by atoms with Crippen LogP contribution in [0.4, 0.5) is 5.69 Å². The van der Waals surface area contributed by atoms with Gasteiger partial charge >= 0.3 is 5.97 Å². The molecule has 0 fully saturated rings. The molecule has 2 aromatic carbocycles. The van der Waals surface area contributed by atoms with Crippen LogP contribution in [0.1, 0.15) is 17.5 Å². The minimum atomic E-state index is -0.440. The van der Waals surface area contributed by atoms with Crippen molar-refractivity contribution in [1.29, 1.82) is 0 Å². The first kappa shape index (κ1) is 17.4. The van der Waals surface area contributed by atoms with Crippen LogP contribution in [-0.2, 0) is 27.2 Å². The quantitative estimate of drug-likeness (QED) is 0.777. The number of amides is 1. The van der Waals surface area contributed by atoms with Crippen molar-refractivity contribution < 1.29 is 23.8 Å². The van der Waals surface area contributed by atoms with Gasteiger partial charge in [0.2, 0.25) is 0 Å². The van der Waals surface area contributed by atoms with E-state index in [1.807, 2.05) is 24.3 Å². The molecule has 0 unspecified atom stereocenters. The van der Waals surface area contributed by atoms with E-state index in [1.54, 1.807) is 23.1 Å². The SMILES string of the molecule is O=C(Cc1ccc2c(c1)OCCO2)OCC(=O)N1CCCc2ccccc21. The standard InChI is InChI=1S/C21H21NO5/c23-20(22-9-3-5-16-4-1-2-6-17(16)22)14-27-21(24)13-15-7-8-18-19(12-15)26-11-10-25-18/h1-2,4,6-8,12H,3,5,9-11,13-14H2. The second kappa shape index (κ2) is 7.70. The number of carbonyl (C=O) groups is 2. The van der Waals surface area contributed by atoms with Gasteiger partial charge in [-0.25, -0.2) is 0 Å². The molecule has 2 aliphatic heterocycles. The number of benzene rings is 2. The van der Waals surface area contributed by atoms with Gasteiger partial charge in [-0.15, -0.1) is 0 Å². The number of nitrogens with zero attached hydrogens (tertiary/aromatic N) is 1. The number of para-hydroxylation sites is 1. The summed E-state index contributed by atoms with van der Waals surface area (Å²) in [5.74, 6) is 0.674. The van der Waals surface area contributed by atoms with Crippen LogP contribution in [-0.4, -0.2) is 38.2 Å². The first-order chi connectivity index (χ1) is 13.2. The zero-order valence-corrected chi connectivity index (χ0v) is 15.0. The zero-order chi connectivity index (χ0) is 18.6. The fraction of sp³-hybridized carbons (Fsp3) is 0.333. The smallest absolute Gasteiger partial charge is 0.310 e. The predicted molar refractivity (Wildman–Crippen MR) is 99.2 cm³/mol. The average molecular weight is 367 g/mol. The number of ether oxygens (including phenoxy) is 3. The highest BCUT2D eigenvalue weighted by Gasteiger charge is 2.23. The van der Waals surface area contributed by atoms with E-state index in [9.17, 15) is 9.59 Å². The lowest BCUT2D eigenvalue weighted by Crippen LogP contribution is -2.38. The molecule has 1 amide bonds. The maximum Gasteiger partial charge on any atom is 0.310 e. The van der Waals surface area contributed by atoms with Crippen LogP contribution >= 0.6 is 0 Å². The van der Waals surface area contributed by atoms with Gasteiger partial charge < -0.3 is 19.1 Å². The summed E-state index contributed by atoms with van der Waals surface area (Å²) in [6.07, 6.45) is 1.96. The first-order valence-electron chi connectivity index (χ1n) is 9.13. The normalized spacial score (nSPS) is 15.0. The van der Waals surface area contributed by atoms with Crippen LogP contribution in [0, 0.1) is 0 Å². The van der Waals surface area contributed by atoms with Crippen LogP contribution in [0.5, 0.6) is 11.5 Å². The van der Waals surface area contributed by atoms with Crippen LogP contribution < -0.4 is 14.4 Å². The molecule has 0 saturated carbocycles. The largest absolute Gasteiger partial charge is 0.486 e. The first-order valence-corrected chi connectivity index (χ1v) is 9.13. The van der Waals surface area contributed by atoms with Gasteiger partial charge in [0.15, 0.2) is 18.1 Å². The Kier molecular flexibility index (Phi) is 4.96. The molecule has 6 nitrogen and oxygen atoms in total. The summed E-state index contributed by atoms with van der Waals surface area (Å²) in [5.41, 5.74) is 2.83. The lowest BCUT2D eigenvalue weighted by atomic mass is 10.0. The van der Waals surface area contributed by atoms with Gasteiger partial charge in [-0.2, -0.15) is 0 Å². The van der Waals surface area contributed by atoms with Crippen molar-refractivity contribution in [3.8, 4) is 11.5 Å². The molecule has 2 aromatic rings. The summed E-state index contributed by atoms with van der Waals surface area (Å²) < 4.78 is 16.2. The monoisotopic (exact) mass is 367 g/mol. The van der Waals surface area contributed by atoms with Crippen molar-refractivity contribution in [1.82, 2.24) is 0 Å². The summed E-state index contributed by atoms with van der Waals surface area (Å²) in [4.78, 5) is 26.4. The molecule has 0 bridgehead atoms. The molecule has 0 N–H and O–H groups in total. The van der Waals surface area contributed by atoms with Crippen LogP contribution in [0.15, 0.2) is 42.5 Å². The second-order valence-corrected chi connectivity index (χ2v) is 6.59. The lowest BCUT2D eigenvalue weighted by molar-refractivity contribution is -0.147.